The highest BCUT2D eigenvalue weighted by molar-refractivity contribution is 5.91. The van der Waals surface area contributed by atoms with E-state index in [0.717, 1.165) is 18.4 Å². The van der Waals surface area contributed by atoms with Gasteiger partial charge in [0.1, 0.15) is 5.82 Å². The molecule has 2 aromatic rings. The molecule has 1 unspecified atom stereocenters. The number of anilines is 1. The van der Waals surface area contributed by atoms with Crippen molar-refractivity contribution in [3.63, 3.8) is 0 Å². The third-order valence-electron chi connectivity index (χ3n) is 4.41. The predicted molar refractivity (Wildman–Crippen MR) is 90.3 cm³/mol. The zero-order chi connectivity index (χ0) is 17.1. The van der Waals surface area contributed by atoms with Crippen molar-refractivity contribution in [1.29, 1.82) is 0 Å². The van der Waals surface area contributed by atoms with E-state index in [2.05, 4.69) is 5.32 Å². The number of hydrogen-bond acceptors (Lipinski definition) is 3. The van der Waals surface area contributed by atoms with E-state index in [4.69, 9.17) is 9.47 Å². The number of amides is 1. The topological polar surface area (TPSA) is 47.6 Å². The molecular weight excluding hydrogens is 309 g/mol. The summed E-state index contributed by atoms with van der Waals surface area (Å²) in [6, 6.07) is 9.74. The lowest BCUT2D eigenvalue weighted by Crippen LogP contribution is -2.14. The predicted octanol–water partition coefficient (Wildman–Crippen LogP) is 3.90. The van der Waals surface area contributed by atoms with Crippen LogP contribution in [-0.2, 0) is 11.2 Å². The van der Waals surface area contributed by atoms with E-state index < -0.39 is 0 Å². The first-order chi connectivity index (χ1) is 11.6. The summed E-state index contributed by atoms with van der Waals surface area (Å²) in [5.74, 6) is 1.16. The number of fused-ring (bicyclic) bond motifs is 1. The van der Waals surface area contributed by atoms with Gasteiger partial charge in [0.15, 0.2) is 11.5 Å². The van der Waals surface area contributed by atoms with Gasteiger partial charge in [-0.05, 0) is 66.3 Å². The van der Waals surface area contributed by atoms with Crippen molar-refractivity contribution in [2.24, 2.45) is 0 Å². The third-order valence-corrected chi connectivity index (χ3v) is 4.41. The van der Waals surface area contributed by atoms with E-state index in [-0.39, 0.29) is 17.6 Å². The lowest BCUT2D eigenvalue weighted by atomic mass is 9.97. The van der Waals surface area contributed by atoms with Gasteiger partial charge < -0.3 is 14.8 Å². The van der Waals surface area contributed by atoms with E-state index in [1.165, 1.54) is 17.7 Å². The Morgan fingerprint density at radius 2 is 1.83 bits per heavy atom. The van der Waals surface area contributed by atoms with Crippen molar-refractivity contribution < 1.29 is 18.7 Å². The van der Waals surface area contributed by atoms with Crippen LogP contribution in [0, 0.1) is 5.82 Å². The van der Waals surface area contributed by atoms with Crippen molar-refractivity contribution >= 4 is 11.6 Å². The van der Waals surface area contributed by atoms with Crippen molar-refractivity contribution in [3.05, 3.63) is 53.3 Å². The van der Waals surface area contributed by atoms with E-state index in [1.54, 1.807) is 26.4 Å². The van der Waals surface area contributed by atoms with Crippen LogP contribution in [0.5, 0.6) is 11.5 Å². The number of halogens is 1. The third kappa shape index (κ3) is 3.35. The molecule has 4 nitrogen and oxygen atoms in total. The molecule has 0 radical (unpaired) electrons. The Morgan fingerprint density at radius 1 is 1.17 bits per heavy atom. The molecule has 0 saturated heterocycles. The molecule has 1 aliphatic rings. The maximum atomic E-state index is 12.9. The molecule has 1 N–H and O–H groups in total. The van der Waals surface area contributed by atoms with Gasteiger partial charge in [0.25, 0.3) is 0 Å². The van der Waals surface area contributed by atoms with Crippen LogP contribution in [0.25, 0.3) is 0 Å². The number of nitrogens with one attached hydrogen (secondary N) is 1. The molecule has 3 rings (SSSR count). The highest BCUT2D eigenvalue weighted by atomic mass is 19.1. The monoisotopic (exact) mass is 329 g/mol. The highest BCUT2D eigenvalue weighted by Crippen LogP contribution is 2.41. The van der Waals surface area contributed by atoms with Gasteiger partial charge >= 0.3 is 0 Å². The van der Waals surface area contributed by atoms with Gasteiger partial charge in [-0.2, -0.15) is 0 Å². The molecule has 1 aliphatic carbocycles. The number of benzene rings is 2. The molecule has 0 bridgehead atoms. The number of ether oxygens (including phenoxy) is 2. The Balaban J connectivity index is 1.71. The van der Waals surface area contributed by atoms with E-state index in [9.17, 15) is 9.18 Å². The Labute approximate surface area is 140 Å². The number of methoxy groups -OCH3 is 2. The summed E-state index contributed by atoms with van der Waals surface area (Å²) in [6.45, 7) is 0. The standard InChI is InChI=1S/C19H20FNO3/c1-23-17-9-12-3-4-13(16(12)11-18(17)24-2)10-19(22)21-15-7-5-14(20)6-8-15/h5-9,11,13H,3-4,10H2,1-2H3,(H,21,22). The first-order valence-corrected chi connectivity index (χ1v) is 7.91. The maximum absolute atomic E-state index is 12.9. The number of rotatable bonds is 5. The molecule has 0 fully saturated rings. The van der Waals surface area contributed by atoms with E-state index >= 15 is 0 Å². The maximum Gasteiger partial charge on any atom is 0.224 e. The Kier molecular flexibility index (Phi) is 4.69. The number of aryl methyl sites for hydroxylation is 1. The molecule has 0 heterocycles. The van der Waals surface area contributed by atoms with Crippen LogP contribution in [0.1, 0.15) is 29.9 Å². The van der Waals surface area contributed by atoms with Gasteiger partial charge in [-0.3, -0.25) is 4.79 Å². The number of carbonyl (C=O) groups is 1. The van der Waals surface area contributed by atoms with Gasteiger partial charge in [0.2, 0.25) is 5.91 Å². The van der Waals surface area contributed by atoms with Crippen LogP contribution in [0.2, 0.25) is 0 Å². The molecule has 126 valence electrons. The van der Waals surface area contributed by atoms with Crippen LogP contribution in [0.3, 0.4) is 0 Å². The fourth-order valence-corrected chi connectivity index (χ4v) is 3.20. The van der Waals surface area contributed by atoms with Crippen LogP contribution in [0.15, 0.2) is 36.4 Å². The van der Waals surface area contributed by atoms with Crippen molar-refractivity contribution in [1.82, 2.24) is 0 Å². The van der Waals surface area contributed by atoms with Crippen LogP contribution in [-0.4, -0.2) is 20.1 Å². The zero-order valence-electron chi connectivity index (χ0n) is 13.8. The largest absolute Gasteiger partial charge is 0.493 e. The Morgan fingerprint density at radius 3 is 2.50 bits per heavy atom. The molecule has 0 aromatic heterocycles. The summed E-state index contributed by atoms with van der Waals surface area (Å²) >= 11 is 0. The number of hydrogen-bond donors (Lipinski definition) is 1. The van der Waals surface area contributed by atoms with Crippen LogP contribution >= 0.6 is 0 Å². The first-order valence-electron chi connectivity index (χ1n) is 7.91. The fourth-order valence-electron chi connectivity index (χ4n) is 3.20. The minimum absolute atomic E-state index is 0.0748. The molecule has 0 spiro atoms. The second-order valence-electron chi connectivity index (χ2n) is 5.90. The Hall–Kier alpha value is -2.56. The average Bonchev–Trinajstić information content (AvgIpc) is 2.97. The van der Waals surface area contributed by atoms with E-state index in [1.807, 2.05) is 12.1 Å². The summed E-state index contributed by atoms with van der Waals surface area (Å²) in [6.07, 6.45) is 2.23. The van der Waals surface area contributed by atoms with Crippen molar-refractivity contribution in [2.75, 3.05) is 19.5 Å². The van der Waals surface area contributed by atoms with Gasteiger partial charge in [-0.1, -0.05) is 0 Å². The van der Waals surface area contributed by atoms with Gasteiger partial charge in [0.05, 0.1) is 14.2 Å². The summed E-state index contributed by atoms with van der Waals surface area (Å²) in [5.41, 5.74) is 2.95. The van der Waals surface area contributed by atoms with Crippen molar-refractivity contribution in [3.8, 4) is 11.5 Å². The summed E-state index contributed by atoms with van der Waals surface area (Å²) in [7, 11) is 3.22. The second-order valence-corrected chi connectivity index (χ2v) is 5.90. The minimum Gasteiger partial charge on any atom is -0.493 e. The lowest BCUT2D eigenvalue weighted by Gasteiger charge is -2.14. The second kappa shape index (κ2) is 6.91. The molecule has 1 atom stereocenters. The molecule has 0 saturated carbocycles. The molecule has 0 aliphatic heterocycles. The molecule has 5 heteroatoms. The smallest absolute Gasteiger partial charge is 0.224 e. The fraction of sp³-hybridized carbons (Fsp3) is 0.316. The molecule has 24 heavy (non-hydrogen) atoms. The number of carbonyl (C=O) groups excluding carboxylic acids is 1. The summed E-state index contributed by atoms with van der Waals surface area (Å²) < 4.78 is 23.6. The van der Waals surface area contributed by atoms with E-state index in [0.29, 0.717) is 23.6 Å². The lowest BCUT2D eigenvalue weighted by molar-refractivity contribution is -0.116. The van der Waals surface area contributed by atoms with Gasteiger partial charge in [-0.15, -0.1) is 0 Å². The molecule has 2 aromatic carbocycles. The normalized spacial score (nSPS) is 15.7. The summed E-state index contributed by atoms with van der Waals surface area (Å²) in [4.78, 5) is 12.3. The minimum atomic E-state index is -0.321. The first kappa shape index (κ1) is 16.3. The quantitative estimate of drug-likeness (QED) is 0.905. The van der Waals surface area contributed by atoms with Gasteiger partial charge in [0, 0.05) is 12.1 Å². The van der Waals surface area contributed by atoms with Crippen LogP contribution in [0.4, 0.5) is 10.1 Å². The van der Waals surface area contributed by atoms with Crippen LogP contribution < -0.4 is 14.8 Å². The SMILES string of the molecule is COc1cc2c(cc1OC)C(CC(=O)Nc1ccc(F)cc1)CC2. The summed E-state index contributed by atoms with van der Waals surface area (Å²) in [5, 5.41) is 2.82. The zero-order valence-corrected chi connectivity index (χ0v) is 13.8. The average molecular weight is 329 g/mol. The molecular formula is C19H20FNO3. The van der Waals surface area contributed by atoms with Gasteiger partial charge in [-0.25, -0.2) is 4.39 Å². The highest BCUT2D eigenvalue weighted by Gasteiger charge is 2.27. The molecule has 1 amide bonds. The van der Waals surface area contributed by atoms with Crippen molar-refractivity contribution in [2.45, 2.75) is 25.2 Å². The Bertz CT molecular complexity index is 743.